The second kappa shape index (κ2) is 10.2. The summed E-state index contributed by atoms with van der Waals surface area (Å²) in [6, 6.07) is 24.3. The number of carboxylic acid groups (broad SMARTS) is 1. The fourth-order valence-electron chi connectivity index (χ4n) is 5.13. The summed E-state index contributed by atoms with van der Waals surface area (Å²) >= 11 is 0. The number of carbonyl (C=O) groups excluding carboxylic acids is 2. The molecular formula is C29H27NO6. The third-order valence-corrected chi connectivity index (χ3v) is 6.89. The Morgan fingerprint density at radius 2 is 1.50 bits per heavy atom. The summed E-state index contributed by atoms with van der Waals surface area (Å²) in [6.45, 7) is 0.504. The number of benzene rings is 3. The zero-order chi connectivity index (χ0) is 25.1. The molecule has 0 saturated carbocycles. The number of nitrogens with zero attached hydrogens (tertiary/aromatic N) is 1. The number of ether oxygens (including phenoxy) is 2. The quantitative estimate of drug-likeness (QED) is 0.490. The second-order valence-electron chi connectivity index (χ2n) is 9.11. The van der Waals surface area contributed by atoms with E-state index in [4.69, 9.17) is 9.47 Å². The van der Waals surface area contributed by atoms with Gasteiger partial charge in [0, 0.05) is 18.9 Å². The Morgan fingerprint density at radius 1 is 0.889 bits per heavy atom. The Bertz CT molecular complexity index is 1230. The average Bonchev–Trinajstić information content (AvgIpc) is 3.51. The Balaban J connectivity index is 1.24. The number of hydrogen-bond donors (Lipinski definition) is 1. The van der Waals surface area contributed by atoms with Gasteiger partial charge in [-0.05, 0) is 40.7 Å². The summed E-state index contributed by atoms with van der Waals surface area (Å²) in [4.78, 5) is 39.0. The van der Waals surface area contributed by atoms with Gasteiger partial charge in [0.1, 0.15) is 12.6 Å². The Labute approximate surface area is 209 Å². The van der Waals surface area contributed by atoms with Gasteiger partial charge in [-0.1, -0.05) is 78.9 Å². The van der Waals surface area contributed by atoms with Crippen molar-refractivity contribution < 1.29 is 29.0 Å². The van der Waals surface area contributed by atoms with Crippen molar-refractivity contribution in [2.45, 2.75) is 37.3 Å². The predicted molar refractivity (Wildman–Crippen MR) is 132 cm³/mol. The third-order valence-electron chi connectivity index (χ3n) is 6.89. The summed E-state index contributed by atoms with van der Waals surface area (Å²) in [5.41, 5.74) is 5.23. The van der Waals surface area contributed by atoms with Crippen LogP contribution >= 0.6 is 0 Å². The molecule has 1 unspecified atom stereocenters. The monoisotopic (exact) mass is 485 g/mol. The lowest BCUT2D eigenvalue weighted by Gasteiger charge is -2.25. The fourth-order valence-corrected chi connectivity index (χ4v) is 5.13. The summed E-state index contributed by atoms with van der Waals surface area (Å²) in [6.07, 6.45) is -0.850. The molecule has 1 N–H and O–H groups in total. The Kier molecular flexibility index (Phi) is 6.71. The number of aliphatic carboxylic acids is 1. The van der Waals surface area contributed by atoms with Crippen molar-refractivity contribution in [1.82, 2.24) is 4.90 Å². The van der Waals surface area contributed by atoms with Gasteiger partial charge in [0.05, 0.1) is 0 Å². The van der Waals surface area contributed by atoms with Crippen molar-refractivity contribution in [3.63, 3.8) is 0 Å². The van der Waals surface area contributed by atoms with Crippen molar-refractivity contribution in [3.05, 3.63) is 95.6 Å². The maximum Gasteiger partial charge on any atom is 0.410 e. The van der Waals surface area contributed by atoms with E-state index in [1.165, 1.54) is 4.90 Å². The van der Waals surface area contributed by atoms with Gasteiger partial charge >= 0.3 is 18.0 Å². The van der Waals surface area contributed by atoms with E-state index < -0.39 is 30.2 Å². The number of fused-ring (bicyclic) bond motifs is 3. The normalized spacial score (nSPS) is 17.2. The van der Waals surface area contributed by atoms with Crippen molar-refractivity contribution in [1.29, 1.82) is 0 Å². The lowest BCUT2D eigenvalue weighted by molar-refractivity contribution is -0.166. The molecule has 0 spiro atoms. The highest BCUT2D eigenvalue weighted by molar-refractivity contribution is 5.85. The minimum Gasteiger partial charge on any atom is -0.478 e. The maximum absolute atomic E-state index is 13.0. The van der Waals surface area contributed by atoms with Gasteiger partial charge in [0.2, 0.25) is 6.10 Å². The highest BCUT2D eigenvalue weighted by atomic mass is 16.6. The van der Waals surface area contributed by atoms with E-state index in [0.717, 1.165) is 27.8 Å². The van der Waals surface area contributed by atoms with Crippen molar-refractivity contribution >= 4 is 18.0 Å². The molecule has 1 saturated heterocycles. The molecule has 1 aliphatic carbocycles. The minimum atomic E-state index is -1.33. The first kappa shape index (κ1) is 23.6. The molecule has 5 rings (SSSR count). The Morgan fingerprint density at radius 3 is 2.14 bits per heavy atom. The van der Waals surface area contributed by atoms with Gasteiger partial charge in [-0.2, -0.15) is 0 Å². The number of carbonyl (C=O) groups is 3. The van der Waals surface area contributed by atoms with Gasteiger partial charge in [-0.15, -0.1) is 0 Å². The first-order valence-corrected chi connectivity index (χ1v) is 12.1. The molecular weight excluding hydrogens is 458 g/mol. The lowest BCUT2D eigenvalue weighted by Crippen LogP contribution is -2.44. The first-order chi connectivity index (χ1) is 17.5. The first-order valence-electron chi connectivity index (χ1n) is 12.1. The summed E-state index contributed by atoms with van der Waals surface area (Å²) < 4.78 is 11.1. The van der Waals surface area contributed by atoms with Crippen molar-refractivity contribution in [2.24, 2.45) is 0 Å². The van der Waals surface area contributed by atoms with Crippen molar-refractivity contribution in [2.75, 3.05) is 13.2 Å². The number of esters is 1. The maximum atomic E-state index is 13.0. The predicted octanol–water partition coefficient (Wildman–Crippen LogP) is 4.64. The van der Waals surface area contributed by atoms with E-state index in [0.29, 0.717) is 19.4 Å². The molecule has 3 aromatic rings. The van der Waals surface area contributed by atoms with Crippen LogP contribution in [-0.4, -0.2) is 53.3 Å². The lowest BCUT2D eigenvalue weighted by atomic mass is 9.98. The van der Waals surface area contributed by atoms with E-state index in [1.54, 1.807) is 24.3 Å². The van der Waals surface area contributed by atoms with Crippen LogP contribution in [0.15, 0.2) is 78.9 Å². The second-order valence-corrected chi connectivity index (χ2v) is 9.11. The van der Waals surface area contributed by atoms with Crippen LogP contribution in [0.1, 0.15) is 35.4 Å². The molecule has 36 heavy (non-hydrogen) atoms. The SMILES string of the molecule is O=C(O)C(Cc1ccccc1)OC(=O)[C@@H]1CCCN1C(=O)OCC1c2ccccc2-c2ccccc21. The van der Waals surface area contributed by atoms with Crippen LogP contribution in [0, 0.1) is 0 Å². The van der Waals surface area contributed by atoms with Gasteiger partial charge in [0.15, 0.2) is 0 Å². The molecule has 2 atom stereocenters. The van der Waals surface area contributed by atoms with Gasteiger partial charge in [-0.25, -0.2) is 14.4 Å². The van der Waals surface area contributed by atoms with E-state index in [-0.39, 0.29) is 18.9 Å². The zero-order valence-electron chi connectivity index (χ0n) is 19.7. The van der Waals surface area contributed by atoms with Gasteiger partial charge in [0.25, 0.3) is 0 Å². The molecule has 184 valence electrons. The largest absolute Gasteiger partial charge is 0.478 e. The molecule has 0 bridgehead atoms. The fraction of sp³-hybridized carbons (Fsp3) is 0.276. The molecule has 7 nitrogen and oxygen atoms in total. The molecule has 1 fully saturated rings. The van der Waals surface area contributed by atoms with Crippen LogP contribution in [0.25, 0.3) is 11.1 Å². The highest BCUT2D eigenvalue weighted by Gasteiger charge is 2.39. The smallest absolute Gasteiger partial charge is 0.410 e. The molecule has 0 aromatic heterocycles. The number of likely N-dealkylation sites (tertiary alicyclic amines) is 1. The molecule has 2 aliphatic rings. The molecule has 7 heteroatoms. The van der Waals surface area contributed by atoms with Crippen LogP contribution in [0.5, 0.6) is 0 Å². The minimum absolute atomic E-state index is 0.0551. The Hall–Kier alpha value is -4.13. The number of carboxylic acids is 1. The number of rotatable bonds is 7. The van der Waals surface area contributed by atoms with Crippen LogP contribution in [0.2, 0.25) is 0 Å². The summed E-state index contributed by atoms with van der Waals surface area (Å²) in [5.74, 6) is -2.03. The molecule has 1 heterocycles. The summed E-state index contributed by atoms with van der Waals surface area (Å²) in [7, 11) is 0. The van der Waals surface area contributed by atoms with E-state index >= 15 is 0 Å². The molecule has 0 radical (unpaired) electrons. The van der Waals surface area contributed by atoms with E-state index in [2.05, 4.69) is 12.1 Å². The van der Waals surface area contributed by atoms with E-state index in [1.807, 2.05) is 42.5 Å². The third kappa shape index (κ3) is 4.69. The standard InChI is InChI=1S/C29H27NO6/c31-27(32)26(17-19-9-2-1-3-10-19)36-28(33)25-15-8-16-30(25)29(34)35-18-24-22-13-6-4-11-20(22)21-12-5-7-14-23(21)24/h1-7,9-14,24-26H,8,15-18H2,(H,31,32)/t25-,26?/m0/s1. The van der Waals surface area contributed by atoms with Crippen LogP contribution < -0.4 is 0 Å². The van der Waals surface area contributed by atoms with Crippen LogP contribution in [0.4, 0.5) is 4.79 Å². The van der Waals surface area contributed by atoms with Crippen LogP contribution in [0.3, 0.4) is 0 Å². The zero-order valence-corrected chi connectivity index (χ0v) is 19.7. The topological polar surface area (TPSA) is 93.1 Å². The van der Waals surface area contributed by atoms with Crippen LogP contribution in [-0.2, 0) is 25.5 Å². The highest BCUT2D eigenvalue weighted by Crippen LogP contribution is 2.44. The average molecular weight is 486 g/mol. The molecule has 1 aliphatic heterocycles. The van der Waals surface area contributed by atoms with Crippen molar-refractivity contribution in [3.8, 4) is 11.1 Å². The number of amides is 1. The van der Waals surface area contributed by atoms with Gasteiger partial charge < -0.3 is 14.6 Å². The number of hydrogen-bond acceptors (Lipinski definition) is 5. The molecule has 3 aromatic carbocycles. The summed E-state index contributed by atoms with van der Waals surface area (Å²) in [5, 5.41) is 9.58. The van der Waals surface area contributed by atoms with Gasteiger partial charge in [-0.3, -0.25) is 4.90 Å². The van der Waals surface area contributed by atoms with E-state index in [9.17, 15) is 19.5 Å². The molecule has 1 amide bonds.